The molecule has 104 valence electrons. The summed E-state index contributed by atoms with van der Waals surface area (Å²) in [5.41, 5.74) is 0.432. The Balaban J connectivity index is 2.30. The summed E-state index contributed by atoms with van der Waals surface area (Å²) in [5.74, 6) is 0. The maximum atomic E-state index is 8.83. The molecule has 0 aromatic heterocycles. The molecule has 0 amide bonds. The molecule has 3 rings (SSSR count). The monoisotopic (exact) mass is 293 g/mol. The van der Waals surface area contributed by atoms with Gasteiger partial charge in [-0.1, -0.05) is 36.0 Å². The lowest BCUT2D eigenvalue weighted by molar-refractivity contribution is 0.319. The van der Waals surface area contributed by atoms with Crippen molar-refractivity contribution in [1.29, 1.82) is 0 Å². The zero-order chi connectivity index (χ0) is 21.9. The highest BCUT2D eigenvalue weighted by Crippen LogP contribution is 2.47. The van der Waals surface area contributed by atoms with Gasteiger partial charge in [-0.05, 0) is 45.2 Å². The number of para-hydroxylation sites is 2. The molecule has 0 spiro atoms. The Kier molecular flexibility index (Phi) is 1.80. The minimum Gasteiger partial charge on any atom is -0.338 e. The molecule has 1 unspecified atom stereocenters. The Bertz CT molecular complexity index is 961. The number of anilines is 2. The number of rotatable bonds is 3. The van der Waals surface area contributed by atoms with Gasteiger partial charge in [0.15, 0.2) is 0 Å². The van der Waals surface area contributed by atoms with Gasteiger partial charge >= 0.3 is 0 Å². The zero-order valence-corrected chi connectivity index (χ0v) is 12.0. The average Bonchev–Trinajstić information content (AvgIpc) is 2.66. The summed E-state index contributed by atoms with van der Waals surface area (Å²) in [7, 11) is 1.31. The fourth-order valence-corrected chi connectivity index (χ4v) is 2.86. The number of benzene rings is 2. The Labute approximate surface area is 138 Å². The van der Waals surface area contributed by atoms with Crippen LogP contribution in [0.25, 0.3) is 0 Å². The predicted octanol–water partition coefficient (Wildman–Crippen LogP) is 4.24. The molecule has 2 aromatic carbocycles. The lowest BCUT2D eigenvalue weighted by atomic mass is 10.2. The van der Waals surface area contributed by atoms with Crippen molar-refractivity contribution in [2.45, 2.75) is 22.8 Å². The fourth-order valence-electron chi connectivity index (χ4n) is 1.89. The normalized spacial score (nSPS) is 22.8. The van der Waals surface area contributed by atoms with Gasteiger partial charge in [0, 0.05) is 26.4 Å². The van der Waals surface area contributed by atoms with E-state index in [2.05, 4.69) is 0 Å². The van der Waals surface area contributed by atoms with Crippen LogP contribution in [0.15, 0.2) is 58.2 Å². The summed E-state index contributed by atoms with van der Waals surface area (Å²) in [6, 6.07) is 4.26. The quantitative estimate of drug-likeness (QED) is 0.836. The van der Waals surface area contributed by atoms with E-state index in [-0.39, 0.29) is 22.7 Å². The fraction of sp³-hybridized carbons (Fsp3) is 0.294. The van der Waals surface area contributed by atoms with Crippen LogP contribution in [0.5, 0.6) is 0 Å². The summed E-state index contributed by atoms with van der Waals surface area (Å²) >= 11 is 1.15. The van der Waals surface area contributed by atoms with Crippen molar-refractivity contribution in [3.8, 4) is 0 Å². The van der Waals surface area contributed by atoms with Gasteiger partial charge in [-0.25, -0.2) is 0 Å². The van der Waals surface area contributed by atoms with Crippen LogP contribution < -0.4 is 4.90 Å². The Morgan fingerprint density at radius 3 is 2.95 bits per heavy atom. The molecule has 3 heteroatoms. The van der Waals surface area contributed by atoms with E-state index in [0.717, 1.165) is 16.7 Å². The van der Waals surface area contributed by atoms with E-state index in [1.165, 1.54) is 18.9 Å². The molecule has 0 radical (unpaired) electrons. The van der Waals surface area contributed by atoms with Gasteiger partial charge in [-0.3, -0.25) is 0 Å². The molecule has 20 heavy (non-hydrogen) atoms. The molecule has 2 nitrogen and oxygen atoms in total. The number of nitrogens with zero attached hydrogens (tertiary/aromatic N) is 2. The molecular weight excluding hydrogens is 264 g/mol. The number of hydrogen-bond acceptors (Lipinski definition) is 3. The Hall–Kier alpha value is -1.45. The second kappa shape index (κ2) is 5.51. The summed E-state index contributed by atoms with van der Waals surface area (Å²) < 4.78 is 73.3. The second-order valence-corrected chi connectivity index (χ2v) is 5.55. The van der Waals surface area contributed by atoms with E-state index in [1.807, 2.05) is 0 Å². The van der Waals surface area contributed by atoms with E-state index < -0.39 is 31.6 Å². The molecule has 0 fully saturated rings. The molecule has 1 aliphatic heterocycles. The molecular formula is C17H20N2S. The first kappa shape index (κ1) is 6.54. The van der Waals surface area contributed by atoms with Crippen LogP contribution in [0.3, 0.4) is 0 Å². The zero-order valence-electron chi connectivity index (χ0n) is 20.2. The lowest BCUT2D eigenvalue weighted by Gasteiger charge is -2.36. The number of hydrogen-bond donors (Lipinski definition) is 0. The van der Waals surface area contributed by atoms with Gasteiger partial charge in [-0.2, -0.15) is 0 Å². The second-order valence-electron chi connectivity index (χ2n) is 4.50. The predicted molar refractivity (Wildman–Crippen MR) is 87.2 cm³/mol. The van der Waals surface area contributed by atoms with Crippen LogP contribution in [-0.4, -0.2) is 31.5 Å². The third kappa shape index (κ3) is 2.43. The summed E-state index contributed by atoms with van der Waals surface area (Å²) in [4.78, 5) is 2.99. The number of likely N-dealkylation sites (N-methyl/N-ethyl adjacent to an activating group) is 1. The first-order chi connectivity index (χ1) is 13.3. The molecule has 0 saturated carbocycles. The first-order valence-electron chi connectivity index (χ1n) is 10.7. The molecule has 0 aliphatic carbocycles. The third-order valence-corrected chi connectivity index (χ3v) is 4.14. The van der Waals surface area contributed by atoms with Crippen LogP contribution in [0.2, 0.25) is 0 Å². The molecule has 0 saturated heterocycles. The van der Waals surface area contributed by atoms with E-state index in [9.17, 15) is 0 Å². The minimum absolute atomic E-state index is 0.00971. The van der Waals surface area contributed by atoms with Gasteiger partial charge < -0.3 is 9.80 Å². The topological polar surface area (TPSA) is 6.48 Å². The maximum Gasteiger partial charge on any atom is 0.0645 e. The first-order valence-corrected chi connectivity index (χ1v) is 7.02. The lowest BCUT2D eigenvalue weighted by Crippen LogP contribution is -2.37. The van der Waals surface area contributed by atoms with Crippen LogP contribution in [0.1, 0.15) is 19.3 Å². The standard InChI is InChI=1S/C17H20N2S/c1-13(18(2)3)12-19-14-8-4-6-10-16(14)20-17-11-7-5-9-15(17)19/h4-11,13H,12H2,1-3H3/i2D3,4D,6D,8D,10D,12D2. The van der Waals surface area contributed by atoms with Gasteiger partial charge in [-0.15, -0.1) is 0 Å². The largest absolute Gasteiger partial charge is 0.338 e. The van der Waals surface area contributed by atoms with Gasteiger partial charge in [0.1, 0.15) is 0 Å². The van der Waals surface area contributed by atoms with Crippen molar-refractivity contribution in [1.82, 2.24) is 4.90 Å². The Morgan fingerprint density at radius 1 is 1.30 bits per heavy atom. The molecule has 0 N–H and O–H groups in total. The van der Waals surface area contributed by atoms with E-state index >= 15 is 0 Å². The van der Waals surface area contributed by atoms with Gasteiger partial charge in [0.25, 0.3) is 0 Å². The van der Waals surface area contributed by atoms with Crippen LogP contribution in [0.4, 0.5) is 11.4 Å². The molecule has 1 atom stereocenters. The van der Waals surface area contributed by atoms with E-state index in [4.69, 9.17) is 12.3 Å². The Morgan fingerprint density at radius 2 is 2.10 bits per heavy atom. The van der Waals surface area contributed by atoms with E-state index in [1.54, 1.807) is 24.3 Å². The maximum absolute atomic E-state index is 8.83. The SMILES string of the molecule is [2H]c1c([2H])c([2H])c2c(c1[2H])Sc1ccccc1N2C([2H])([2H])C(C)N(C)C([2H])([2H])[2H]. The van der Waals surface area contributed by atoms with Crippen molar-refractivity contribution in [2.24, 2.45) is 0 Å². The van der Waals surface area contributed by atoms with Crippen LogP contribution >= 0.6 is 11.8 Å². The van der Waals surface area contributed by atoms with Crippen molar-refractivity contribution < 1.29 is 12.3 Å². The average molecular weight is 293 g/mol. The van der Waals surface area contributed by atoms with Crippen LogP contribution in [0, 0.1) is 0 Å². The van der Waals surface area contributed by atoms with Crippen LogP contribution in [-0.2, 0) is 0 Å². The van der Waals surface area contributed by atoms with Crippen molar-refractivity contribution >= 4 is 23.1 Å². The van der Waals surface area contributed by atoms with Crippen molar-refractivity contribution in [3.05, 3.63) is 48.4 Å². The summed E-state index contributed by atoms with van der Waals surface area (Å²) in [6.07, 6.45) is 0. The minimum atomic E-state index is -2.53. The highest BCUT2D eigenvalue weighted by atomic mass is 32.2. The molecule has 0 bridgehead atoms. The van der Waals surface area contributed by atoms with Gasteiger partial charge in [0.2, 0.25) is 0 Å². The molecule has 1 aliphatic rings. The highest BCUT2D eigenvalue weighted by Gasteiger charge is 2.24. The summed E-state index contributed by atoms with van der Waals surface area (Å²) in [5, 5.41) is 0. The molecule has 2 aromatic rings. The summed E-state index contributed by atoms with van der Waals surface area (Å²) in [6.45, 7) is -3.38. The smallest absolute Gasteiger partial charge is 0.0645 e. The van der Waals surface area contributed by atoms with Crippen molar-refractivity contribution in [2.75, 3.05) is 25.4 Å². The third-order valence-electron chi connectivity index (χ3n) is 3.07. The van der Waals surface area contributed by atoms with Gasteiger partial charge in [0.05, 0.1) is 19.6 Å². The molecule has 1 heterocycles. The number of fused-ring (bicyclic) bond motifs is 2. The van der Waals surface area contributed by atoms with E-state index in [0.29, 0.717) is 10.6 Å². The van der Waals surface area contributed by atoms with Crippen molar-refractivity contribution in [3.63, 3.8) is 0 Å². The highest BCUT2D eigenvalue weighted by molar-refractivity contribution is 7.99.